The van der Waals surface area contributed by atoms with E-state index in [2.05, 4.69) is 15.4 Å². The van der Waals surface area contributed by atoms with Crippen molar-refractivity contribution < 1.29 is 14.3 Å². The summed E-state index contributed by atoms with van der Waals surface area (Å²) in [6.45, 7) is 0. The lowest BCUT2D eigenvalue weighted by Crippen LogP contribution is -2.23. The van der Waals surface area contributed by atoms with E-state index in [-0.39, 0.29) is 6.03 Å². The van der Waals surface area contributed by atoms with Crippen LogP contribution in [0.15, 0.2) is 54.7 Å². The third-order valence-electron chi connectivity index (χ3n) is 2.92. The van der Waals surface area contributed by atoms with Crippen LogP contribution in [-0.4, -0.2) is 19.1 Å². The van der Waals surface area contributed by atoms with Crippen LogP contribution in [0.4, 0.5) is 10.5 Å². The predicted molar refractivity (Wildman–Crippen MR) is 90.4 cm³/mol. The van der Waals surface area contributed by atoms with Crippen LogP contribution in [0, 0.1) is 0 Å². The largest absolute Gasteiger partial charge is 0.465 e. The molecule has 23 heavy (non-hydrogen) atoms. The standard InChI is InChI=1S/C17H15ClN2O3/c1-23-16(21)13-4-8-15(9-5-13)20-17(22)19-11-10-12-2-6-14(18)7-3-12/h2-11H,1H3,(H2,19,20,22)/b11-10+. The zero-order valence-corrected chi connectivity index (χ0v) is 13.1. The zero-order valence-electron chi connectivity index (χ0n) is 12.4. The number of amides is 2. The second kappa shape index (κ2) is 8.00. The molecule has 0 bridgehead atoms. The maximum atomic E-state index is 11.7. The van der Waals surface area contributed by atoms with E-state index in [4.69, 9.17) is 11.6 Å². The van der Waals surface area contributed by atoms with Gasteiger partial charge in [0.2, 0.25) is 0 Å². The Morgan fingerprint density at radius 2 is 1.70 bits per heavy atom. The molecule has 0 radical (unpaired) electrons. The molecule has 0 heterocycles. The monoisotopic (exact) mass is 330 g/mol. The van der Waals surface area contributed by atoms with Gasteiger partial charge in [-0.3, -0.25) is 0 Å². The lowest BCUT2D eigenvalue weighted by molar-refractivity contribution is 0.0601. The fourth-order valence-corrected chi connectivity index (χ4v) is 1.89. The molecule has 0 saturated carbocycles. The number of carbonyl (C=O) groups excluding carboxylic acids is 2. The minimum atomic E-state index is -0.424. The minimum Gasteiger partial charge on any atom is -0.465 e. The van der Waals surface area contributed by atoms with Crippen molar-refractivity contribution in [2.45, 2.75) is 0 Å². The summed E-state index contributed by atoms with van der Waals surface area (Å²) < 4.78 is 4.60. The Bertz CT molecular complexity index is 710. The van der Waals surface area contributed by atoms with Crippen LogP contribution >= 0.6 is 11.6 Å². The summed E-state index contributed by atoms with van der Waals surface area (Å²) in [4.78, 5) is 23.1. The van der Waals surface area contributed by atoms with Gasteiger partial charge in [-0.05, 0) is 48.0 Å². The van der Waals surface area contributed by atoms with Crippen molar-refractivity contribution in [3.63, 3.8) is 0 Å². The summed E-state index contributed by atoms with van der Waals surface area (Å²) in [7, 11) is 1.31. The molecule has 2 aromatic rings. The van der Waals surface area contributed by atoms with Gasteiger partial charge in [0.1, 0.15) is 0 Å². The molecule has 6 heteroatoms. The van der Waals surface area contributed by atoms with Gasteiger partial charge in [-0.25, -0.2) is 9.59 Å². The lowest BCUT2D eigenvalue weighted by Gasteiger charge is -2.05. The Morgan fingerprint density at radius 1 is 1.04 bits per heavy atom. The normalized spacial score (nSPS) is 10.3. The first-order valence-electron chi connectivity index (χ1n) is 6.76. The van der Waals surface area contributed by atoms with E-state index < -0.39 is 5.97 Å². The van der Waals surface area contributed by atoms with Crippen molar-refractivity contribution in [2.75, 3.05) is 12.4 Å². The average Bonchev–Trinajstić information content (AvgIpc) is 2.56. The van der Waals surface area contributed by atoms with Crippen molar-refractivity contribution in [2.24, 2.45) is 0 Å². The summed E-state index contributed by atoms with van der Waals surface area (Å²) >= 11 is 5.79. The number of rotatable bonds is 4. The fraction of sp³-hybridized carbons (Fsp3) is 0.0588. The van der Waals surface area contributed by atoms with Gasteiger partial charge in [0.25, 0.3) is 0 Å². The molecule has 5 nitrogen and oxygen atoms in total. The van der Waals surface area contributed by atoms with Gasteiger partial charge in [0.05, 0.1) is 12.7 Å². The molecule has 2 rings (SSSR count). The molecule has 0 aliphatic rings. The van der Waals surface area contributed by atoms with Crippen molar-refractivity contribution >= 4 is 35.4 Å². The molecule has 0 aliphatic heterocycles. The predicted octanol–water partition coefficient (Wildman–Crippen LogP) is 3.92. The highest BCUT2D eigenvalue weighted by Gasteiger charge is 2.05. The number of nitrogens with one attached hydrogen (secondary N) is 2. The van der Waals surface area contributed by atoms with Gasteiger partial charge in [-0.1, -0.05) is 23.7 Å². The Hall–Kier alpha value is -2.79. The average molecular weight is 331 g/mol. The third kappa shape index (κ3) is 5.16. The molecule has 2 aromatic carbocycles. The Labute approximate surface area is 138 Å². The van der Waals surface area contributed by atoms with Gasteiger partial charge in [0.15, 0.2) is 0 Å². The van der Waals surface area contributed by atoms with Crippen LogP contribution in [0.3, 0.4) is 0 Å². The first-order chi connectivity index (χ1) is 11.1. The van der Waals surface area contributed by atoms with Crippen molar-refractivity contribution in [3.8, 4) is 0 Å². The van der Waals surface area contributed by atoms with Crippen LogP contribution < -0.4 is 10.6 Å². The van der Waals surface area contributed by atoms with E-state index in [0.29, 0.717) is 16.3 Å². The van der Waals surface area contributed by atoms with Crippen molar-refractivity contribution in [3.05, 3.63) is 70.9 Å². The summed E-state index contributed by atoms with van der Waals surface area (Å²) in [6.07, 6.45) is 3.28. The van der Waals surface area contributed by atoms with Crippen LogP contribution in [0.2, 0.25) is 5.02 Å². The summed E-state index contributed by atoms with van der Waals surface area (Å²) in [5, 5.41) is 5.89. The Morgan fingerprint density at radius 3 is 2.30 bits per heavy atom. The molecule has 0 spiro atoms. The quantitative estimate of drug-likeness (QED) is 0.835. The fourth-order valence-electron chi connectivity index (χ4n) is 1.76. The number of anilines is 1. The van der Waals surface area contributed by atoms with Crippen LogP contribution in [0.25, 0.3) is 6.08 Å². The van der Waals surface area contributed by atoms with E-state index in [1.807, 2.05) is 12.1 Å². The number of methoxy groups -OCH3 is 1. The second-order valence-corrected chi connectivity index (χ2v) is 4.99. The maximum absolute atomic E-state index is 11.7. The number of hydrogen-bond acceptors (Lipinski definition) is 3. The van der Waals surface area contributed by atoms with E-state index in [9.17, 15) is 9.59 Å². The zero-order chi connectivity index (χ0) is 16.7. The maximum Gasteiger partial charge on any atom is 0.337 e. The topological polar surface area (TPSA) is 67.4 Å². The highest BCUT2D eigenvalue weighted by molar-refractivity contribution is 6.30. The van der Waals surface area contributed by atoms with Gasteiger partial charge in [-0.2, -0.15) is 0 Å². The molecular weight excluding hydrogens is 316 g/mol. The molecule has 0 atom stereocenters. The Kier molecular flexibility index (Phi) is 5.77. The van der Waals surface area contributed by atoms with E-state index in [0.717, 1.165) is 5.56 Å². The van der Waals surface area contributed by atoms with Crippen molar-refractivity contribution in [1.29, 1.82) is 0 Å². The van der Waals surface area contributed by atoms with Gasteiger partial charge in [0, 0.05) is 16.9 Å². The molecule has 0 saturated heterocycles. The first-order valence-corrected chi connectivity index (χ1v) is 7.14. The third-order valence-corrected chi connectivity index (χ3v) is 3.18. The molecule has 0 aliphatic carbocycles. The smallest absolute Gasteiger partial charge is 0.337 e. The number of hydrogen-bond donors (Lipinski definition) is 2. The second-order valence-electron chi connectivity index (χ2n) is 4.55. The molecule has 2 N–H and O–H groups in total. The molecule has 0 aromatic heterocycles. The van der Waals surface area contributed by atoms with Gasteiger partial charge in [-0.15, -0.1) is 0 Å². The van der Waals surface area contributed by atoms with Gasteiger partial charge >= 0.3 is 12.0 Å². The van der Waals surface area contributed by atoms with Gasteiger partial charge < -0.3 is 15.4 Å². The van der Waals surface area contributed by atoms with Crippen LogP contribution in [0.1, 0.15) is 15.9 Å². The van der Waals surface area contributed by atoms with E-state index in [1.165, 1.54) is 13.3 Å². The first kappa shape index (κ1) is 16.6. The highest BCUT2D eigenvalue weighted by atomic mass is 35.5. The number of carbonyl (C=O) groups is 2. The number of esters is 1. The summed E-state index contributed by atoms with van der Waals surface area (Å²) in [6, 6.07) is 13.2. The molecular formula is C17H15ClN2O3. The number of urea groups is 1. The molecule has 0 fully saturated rings. The number of ether oxygens (including phenoxy) is 1. The summed E-state index contributed by atoms with van der Waals surface area (Å²) in [5.41, 5.74) is 1.90. The Balaban J connectivity index is 1.87. The van der Waals surface area contributed by atoms with Crippen LogP contribution in [0.5, 0.6) is 0 Å². The SMILES string of the molecule is COC(=O)c1ccc(NC(=O)N/C=C/c2ccc(Cl)cc2)cc1. The number of benzene rings is 2. The van der Waals surface area contributed by atoms with E-state index in [1.54, 1.807) is 42.5 Å². The van der Waals surface area contributed by atoms with Crippen molar-refractivity contribution in [1.82, 2.24) is 5.32 Å². The number of halogens is 1. The highest BCUT2D eigenvalue weighted by Crippen LogP contribution is 2.11. The lowest BCUT2D eigenvalue weighted by atomic mass is 10.2. The summed E-state index contributed by atoms with van der Waals surface area (Å²) in [5.74, 6) is -0.424. The minimum absolute atomic E-state index is 0.388. The van der Waals surface area contributed by atoms with E-state index >= 15 is 0 Å². The molecule has 118 valence electrons. The van der Waals surface area contributed by atoms with Crippen LogP contribution in [-0.2, 0) is 4.74 Å². The molecule has 2 amide bonds. The molecule has 0 unspecified atom stereocenters.